The predicted octanol–water partition coefficient (Wildman–Crippen LogP) is 2.98. The van der Waals surface area contributed by atoms with Gasteiger partial charge in [-0.15, -0.1) is 0 Å². The molecule has 0 radical (unpaired) electrons. The maximum atomic E-state index is 12.6. The highest BCUT2D eigenvalue weighted by Gasteiger charge is 2.21. The Kier molecular flexibility index (Phi) is 4.56. The molecule has 2 aromatic heterocycles. The molecule has 0 bridgehead atoms. The van der Waals surface area contributed by atoms with Crippen molar-refractivity contribution in [3.05, 3.63) is 65.6 Å². The molecule has 0 spiro atoms. The van der Waals surface area contributed by atoms with Crippen molar-refractivity contribution in [2.24, 2.45) is 0 Å². The summed E-state index contributed by atoms with van der Waals surface area (Å²) in [6.45, 7) is 2.14. The topological polar surface area (TPSA) is 77.2 Å². The molecule has 24 heavy (non-hydrogen) atoms. The van der Waals surface area contributed by atoms with Crippen LogP contribution in [0.2, 0.25) is 0 Å². The lowest BCUT2D eigenvalue weighted by Crippen LogP contribution is -2.23. The molecule has 6 heteroatoms. The zero-order chi connectivity index (χ0) is 16.9. The number of pyridine rings is 1. The fourth-order valence-corrected chi connectivity index (χ4v) is 2.35. The van der Waals surface area contributed by atoms with Gasteiger partial charge in [-0.3, -0.25) is 9.78 Å². The molecule has 0 saturated carbocycles. The van der Waals surface area contributed by atoms with Crippen LogP contribution in [-0.2, 0) is 6.54 Å². The second kappa shape index (κ2) is 6.95. The Morgan fingerprint density at radius 1 is 1.25 bits per heavy atom. The van der Waals surface area contributed by atoms with Gasteiger partial charge in [0.25, 0.3) is 5.91 Å². The molecule has 1 aromatic carbocycles. The lowest BCUT2D eigenvalue weighted by Gasteiger charge is -2.07. The molecule has 2 heterocycles. The summed E-state index contributed by atoms with van der Waals surface area (Å²) in [6, 6.07) is 11.1. The predicted molar refractivity (Wildman–Crippen MR) is 88.6 cm³/mol. The van der Waals surface area contributed by atoms with Crippen molar-refractivity contribution in [1.29, 1.82) is 0 Å². The summed E-state index contributed by atoms with van der Waals surface area (Å²) in [7, 11) is 1.62. The molecule has 1 N–H and O–H groups in total. The summed E-state index contributed by atoms with van der Waals surface area (Å²) < 4.78 is 10.4. The number of benzene rings is 1. The number of nitrogens with one attached hydrogen (secondary N) is 1. The Bertz CT molecular complexity index is 826. The Hall–Kier alpha value is -3.15. The average molecular weight is 323 g/mol. The lowest BCUT2D eigenvalue weighted by molar-refractivity contribution is 0.0950. The van der Waals surface area contributed by atoms with Crippen LogP contribution < -0.4 is 10.1 Å². The molecule has 3 rings (SSSR count). The molecule has 0 saturated heterocycles. The Balaban J connectivity index is 1.76. The van der Waals surface area contributed by atoms with Crippen molar-refractivity contribution >= 4 is 5.91 Å². The van der Waals surface area contributed by atoms with Gasteiger partial charge in [-0.1, -0.05) is 17.3 Å². The maximum absolute atomic E-state index is 12.6. The summed E-state index contributed by atoms with van der Waals surface area (Å²) in [5.74, 6) is 0.968. The quantitative estimate of drug-likeness (QED) is 0.781. The minimum absolute atomic E-state index is 0.233. The largest absolute Gasteiger partial charge is 0.497 e. The highest BCUT2D eigenvalue weighted by molar-refractivity contribution is 6.00. The zero-order valence-corrected chi connectivity index (χ0v) is 13.4. The smallest absolute Gasteiger partial charge is 0.257 e. The van der Waals surface area contributed by atoms with Crippen LogP contribution in [0.5, 0.6) is 5.75 Å². The van der Waals surface area contributed by atoms with Crippen molar-refractivity contribution in [1.82, 2.24) is 15.5 Å². The first-order valence-corrected chi connectivity index (χ1v) is 7.47. The third-order valence-electron chi connectivity index (χ3n) is 3.63. The van der Waals surface area contributed by atoms with Gasteiger partial charge in [-0.25, -0.2) is 0 Å². The van der Waals surface area contributed by atoms with Crippen molar-refractivity contribution in [3.8, 4) is 17.1 Å². The van der Waals surface area contributed by atoms with Gasteiger partial charge in [0, 0.05) is 24.5 Å². The van der Waals surface area contributed by atoms with Gasteiger partial charge in [0.05, 0.1) is 12.8 Å². The summed E-state index contributed by atoms with van der Waals surface area (Å²) in [6.07, 6.45) is 3.30. The van der Waals surface area contributed by atoms with E-state index in [0.29, 0.717) is 29.1 Å². The Labute approximate surface area is 139 Å². The van der Waals surface area contributed by atoms with Crippen molar-refractivity contribution in [2.45, 2.75) is 13.5 Å². The van der Waals surface area contributed by atoms with Crippen LogP contribution in [0.1, 0.15) is 21.6 Å². The van der Waals surface area contributed by atoms with E-state index in [9.17, 15) is 4.79 Å². The molecule has 0 unspecified atom stereocenters. The number of carbonyl (C=O) groups excluding carboxylic acids is 1. The van der Waals surface area contributed by atoms with Gasteiger partial charge in [0.2, 0.25) is 0 Å². The monoisotopic (exact) mass is 323 g/mol. The number of rotatable bonds is 5. The normalized spacial score (nSPS) is 10.4. The van der Waals surface area contributed by atoms with Gasteiger partial charge in [-0.05, 0) is 36.8 Å². The molecule has 3 aromatic rings. The molecular formula is C18H17N3O3. The summed E-state index contributed by atoms with van der Waals surface area (Å²) in [5, 5.41) is 6.80. The zero-order valence-electron chi connectivity index (χ0n) is 13.4. The fourth-order valence-electron chi connectivity index (χ4n) is 2.35. The van der Waals surface area contributed by atoms with E-state index in [2.05, 4.69) is 15.5 Å². The number of amides is 1. The van der Waals surface area contributed by atoms with Gasteiger partial charge in [0.1, 0.15) is 11.3 Å². The minimum Gasteiger partial charge on any atom is -0.497 e. The molecule has 0 aliphatic rings. The van der Waals surface area contributed by atoms with Crippen LogP contribution in [-0.4, -0.2) is 23.2 Å². The van der Waals surface area contributed by atoms with E-state index in [1.54, 1.807) is 32.5 Å². The van der Waals surface area contributed by atoms with Crippen LogP contribution in [0.15, 0.2) is 53.3 Å². The number of carbonyl (C=O) groups is 1. The van der Waals surface area contributed by atoms with Crippen molar-refractivity contribution in [2.75, 3.05) is 7.11 Å². The second-order valence-electron chi connectivity index (χ2n) is 5.24. The number of methoxy groups -OCH3 is 1. The number of aromatic nitrogens is 2. The first-order valence-electron chi connectivity index (χ1n) is 7.47. The van der Waals surface area contributed by atoms with Crippen molar-refractivity contribution in [3.63, 3.8) is 0 Å². The van der Waals surface area contributed by atoms with Crippen LogP contribution in [0.25, 0.3) is 11.3 Å². The second-order valence-corrected chi connectivity index (χ2v) is 5.24. The summed E-state index contributed by atoms with van der Waals surface area (Å²) in [4.78, 5) is 16.6. The van der Waals surface area contributed by atoms with E-state index >= 15 is 0 Å². The Morgan fingerprint density at radius 3 is 2.71 bits per heavy atom. The number of hydrogen-bond donors (Lipinski definition) is 1. The van der Waals surface area contributed by atoms with E-state index < -0.39 is 0 Å². The average Bonchev–Trinajstić information content (AvgIpc) is 3.02. The minimum atomic E-state index is -0.233. The number of hydrogen-bond acceptors (Lipinski definition) is 5. The third-order valence-corrected chi connectivity index (χ3v) is 3.63. The molecule has 6 nitrogen and oxygen atoms in total. The van der Waals surface area contributed by atoms with Gasteiger partial charge >= 0.3 is 0 Å². The van der Waals surface area contributed by atoms with Gasteiger partial charge < -0.3 is 14.6 Å². The highest BCUT2D eigenvalue weighted by Crippen LogP contribution is 2.25. The van der Waals surface area contributed by atoms with E-state index in [1.807, 2.05) is 30.3 Å². The molecule has 0 fully saturated rings. The van der Waals surface area contributed by atoms with Crippen LogP contribution in [0, 0.1) is 6.92 Å². The van der Waals surface area contributed by atoms with Crippen LogP contribution in [0.4, 0.5) is 0 Å². The number of nitrogens with zero attached hydrogens (tertiary/aromatic N) is 2. The van der Waals surface area contributed by atoms with Crippen LogP contribution in [0.3, 0.4) is 0 Å². The number of aryl methyl sites for hydroxylation is 1. The summed E-state index contributed by atoms with van der Waals surface area (Å²) >= 11 is 0. The first kappa shape index (κ1) is 15.7. The van der Waals surface area contributed by atoms with E-state index in [4.69, 9.17) is 9.26 Å². The third kappa shape index (κ3) is 3.27. The van der Waals surface area contributed by atoms with E-state index in [-0.39, 0.29) is 5.91 Å². The lowest BCUT2D eigenvalue weighted by atomic mass is 10.1. The molecule has 122 valence electrons. The maximum Gasteiger partial charge on any atom is 0.257 e. The van der Waals surface area contributed by atoms with Gasteiger partial charge in [-0.2, -0.15) is 0 Å². The van der Waals surface area contributed by atoms with E-state index in [1.165, 1.54) is 0 Å². The number of ether oxygens (including phenoxy) is 1. The molecule has 1 amide bonds. The SMILES string of the molecule is COc1ccc(CNC(=O)c2c(C)noc2-c2cccnc2)cc1. The molecular weight excluding hydrogens is 306 g/mol. The molecule has 0 aliphatic carbocycles. The van der Waals surface area contributed by atoms with Crippen molar-refractivity contribution < 1.29 is 14.1 Å². The highest BCUT2D eigenvalue weighted by atomic mass is 16.5. The standard InChI is InChI=1S/C18H17N3O3/c1-12-16(17(24-21-12)14-4-3-9-19-11-14)18(22)20-10-13-5-7-15(23-2)8-6-13/h3-9,11H,10H2,1-2H3,(H,20,22). The Morgan fingerprint density at radius 2 is 2.04 bits per heavy atom. The first-order chi connectivity index (χ1) is 11.7. The van der Waals surface area contributed by atoms with Crippen LogP contribution >= 0.6 is 0 Å². The summed E-state index contributed by atoms with van der Waals surface area (Å²) in [5.41, 5.74) is 2.66. The van der Waals surface area contributed by atoms with Gasteiger partial charge in [0.15, 0.2) is 5.76 Å². The molecule has 0 aliphatic heterocycles. The van der Waals surface area contributed by atoms with E-state index in [0.717, 1.165) is 11.3 Å². The fraction of sp³-hybridized carbons (Fsp3) is 0.167. The molecule has 0 atom stereocenters.